The molecule has 1 aromatic rings. The lowest BCUT2D eigenvalue weighted by molar-refractivity contribution is -0.145. The zero-order valence-electron chi connectivity index (χ0n) is 16.5. The summed E-state index contributed by atoms with van der Waals surface area (Å²) >= 11 is 0. The summed E-state index contributed by atoms with van der Waals surface area (Å²) < 4.78 is 5.46. The van der Waals surface area contributed by atoms with Gasteiger partial charge in [-0.25, -0.2) is 4.79 Å². The summed E-state index contributed by atoms with van der Waals surface area (Å²) in [4.78, 5) is 28.2. The van der Waals surface area contributed by atoms with Gasteiger partial charge < -0.3 is 14.7 Å². The van der Waals surface area contributed by atoms with Crippen molar-refractivity contribution in [2.24, 2.45) is 11.3 Å². The number of amides is 1. The van der Waals surface area contributed by atoms with Gasteiger partial charge in [-0.2, -0.15) is 0 Å². The molecule has 1 aromatic carbocycles. The van der Waals surface area contributed by atoms with Crippen LogP contribution in [0.4, 0.5) is 4.79 Å². The van der Waals surface area contributed by atoms with Gasteiger partial charge in [-0.05, 0) is 39.2 Å². The SMILES string of the molecule is CC(C)(C)OC(=O)N1CCC2(CC1)CN(Cc1ccccc1)C[C@H]2C(=O)O. The highest BCUT2D eigenvalue weighted by Crippen LogP contribution is 2.45. The fourth-order valence-electron chi connectivity index (χ4n) is 4.34. The van der Waals surface area contributed by atoms with Gasteiger partial charge in [-0.3, -0.25) is 9.69 Å². The third-order valence-corrected chi connectivity index (χ3v) is 5.68. The number of carboxylic acid groups (broad SMARTS) is 1. The van der Waals surface area contributed by atoms with Crippen LogP contribution in [0.1, 0.15) is 39.2 Å². The van der Waals surface area contributed by atoms with Gasteiger partial charge >= 0.3 is 12.1 Å². The van der Waals surface area contributed by atoms with E-state index in [-0.39, 0.29) is 17.4 Å². The van der Waals surface area contributed by atoms with Crippen LogP contribution < -0.4 is 0 Å². The van der Waals surface area contributed by atoms with Crippen LogP contribution in [0.15, 0.2) is 30.3 Å². The number of hydrogen-bond acceptors (Lipinski definition) is 4. The molecule has 0 bridgehead atoms. The summed E-state index contributed by atoms with van der Waals surface area (Å²) in [5.41, 5.74) is 0.416. The average Bonchev–Trinajstić information content (AvgIpc) is 2.93. The number of carboxylic acids is 1. The van der Waals surface area contributed by atoms with E-state index in [1.165, 1.54) is 5.56 Å². The molecule has 0 radical (unpaired) electrons. The first-order valence-electron chi connectivity index (χ1n) is 9.66. The molecule has 2 fully saturated rings. The van der Waals surface area contributed by atoms with Crippen LogP contribution in [0.2, 0.25) is 0 Å². The Hall–Kier alpha value is -2.08. The number of ether oxygens (including phenoxy) is 1. The van der Waals surface area contributed by atoms with E-state index < -0.39 is 11.6 Å². The standard InChI is InChI=1S/C21H30N2O4/c1-20(2,3)27-19(26)23-11-9-21(10-12-23)15-22(14-17(21)18(24)25)13-16-7-5-4-6-8-16/h4-8,17H,9-15H2,1-3H3,(H,24,25)/t17-/m0/s1. The average molecular weight is 374 g/mol. The van der Waals surface area contributed by atoms with Crippen molar-refractivity contribution in [3.05, 3.63) is 35.9 Å². The fraction of sp³-hybridized carbons (Fsp3) is 0.619. The minimum absolute atomic E-state index is 0.265. The van der Waals surface area contributed by atoms with Gasteiger partial charge in [0.1, 0.15) is 5.60 Å². The Balaban J connectivity index is 1.65. The highest BCUT2D eigenvalue weighted by molar-refractivity contribution is 5.72. The van der Waals surface area contributed by atoms with E-state index in [1.54, 1.807) is 4.90 Å². The van der Waals surface area contributed by atoms with Gasteiger partial charge in [0.05, 0.1) is 5.92 Å². The maximum Gasteiger partial charge on any atom is 0.410 e. The summed E-state index contributed by atoms with van der Waals surface area (Å²) in [7, 11) is 0. The monoisotopic (exact) mass is 374 g/mol. The zero-order chi connectivity index (χ0) is 19.7. The third-order valence-electron chi connectivity index (χ3n) is 5.68. The molecule has 1 atom stereocenters. The molecule has 1 N–H and O–H groups in total. The Morgan fingerprint density at radius 1 is 1.19 bits per heavy atom. The van der Waals surface area contributed by atoms with Crippen molar-refractivity contribution in [3.63, 3.8) is 0 Å². The second-order valence-electron chi connectivity index (χ2n) is 8.88. The lowest BCUT2D eigenvalue weighted by Gasteiger charge is -2.41. The van der Waals surface area contributed by atoms with Crippen LogP contribution in [0.25, 0.3) is 0 Å². The molecule has 6 heteroatoms. The molecule has 2 heterocycles. The molecule has 27 heavy (non-hydrogen) atoms. The summed E-state index contributed by atoms with van der Waals surface area (Å²) in [5, 5.41) is 9.81. The van der Waals surface area contributed by atoms with Crippen molar-refractivity contribution < 1.29 is 19.4 Å². The first kappa shape index (κ1) is 19.7. The summed E-state index contributed by atoms with van der Waals surface area (Å²) in [6, 6.07) is 10.2. The minimum Gasteiger partial charge on any atom is -0.481 e. The predicted molar refractivity (Wildman–Crippen MR) is 102 cm³/mol. The maximum absolute atomic E-state index is 12.3. The molecule has 2 aliphatic heterocycles. The van der Waals surface area contributed by atoms with Crippen LogP contribution in [0, 0.1) is 11.3 Å². The second kappa shape index (κ2) is 7.50. The number of likely N-dealkylation sites (tertiary alicyclic amines) is 2. The number of carbonyl (C=O) groups excluding carboxylic acids is 1. The number of hydrogen-bond donors (Lipinski definition) is 1. The topological polar surface area (TPSA) is 70.1 Å². The van der Waals surface area contributed by atoms with Crippen molar-refractivity contribution in [2.75, 3.05) is 26.2 Å². The highest BCUT2D eigenvalue weighted by atomic mass is 16.6. The van der Waals surface area contributed by atoms with Gasteiger partial charge in [-0.15, -0.1) is 0 Å². The molecule has 3 rings (SSSR count). The summed E-state index contributed by atoms with van der Waals surface area (Å²) in [6.07, 6.45) is 1.10. The number of aliphatic carboxylic acids is 1. The van der Waals surface area contributed by atoms with Crippen LogP contribution in [-0.2, 0) is 16.1 Å². The second-order valence-corrected chi connectivity index (χ2v) is 8.88. The number of rotatable bonds is 3. The zero-order valence-corrected chi connectivity index (χ0v) is 16.5. The first-order valence-corrected chi connectivity index (χ1v) is 9.66. The van der Waals surface area contributed by atoms with E-state index in [2.05, 4.69) is 17.0 Å². The normalized spacial score (nSPS) is 22.8. The Morgan fingerprint density at radius 2 is 1.81 bits per heavy atom. The Kier molecular flexibility index (Phi) is 5.47. The molecule has 2 aliphatic rings. The van der Waals surface area contributed by atoms with E-state index in [1.807, 2.05) is 39.0 Å². The van der Waals surface area contributed by atoms with Crippen LogP contribution >= 0.6 is 0 Å². The van der Waals surface area contributed by atoms with Crippen molar-refractivity contribution in [1.29, 1.82) is 0 Å². The van der Waals surface area contributed by atoms with Gasteiger partial charge in [0.25, 0.3) is 0 Å². The van der Waals surface area contributed by atoms with Gasteiger partial charge in [0.2, 0.25) is 0 Å². The Morgan fingerprint density at radius 3 is 2.37 bits per heavy atom. The predicted octanol–water partition coefficient (Wildman–Crippen LogP) is 3.22. The van der Waals surface area contributed by atoms with Crippen molar-refractivity contribution in [3.8, 4) is 0 Å². The summed E-state index contributed by atoms with van der Waals surface area (Å²) in [5.74, 6) is -1.11. The molecule has 0 aromatic heterocycles. The van der Waals surface area contributed by atoms with E-state index in [9.17, 15) is 14.7 Å². The molecule has 0 unspecified atom stereocenters. The lowest BCUT2D eigenvalue weighted by atomic mass is 9.71. The van der Waals surface area contributed by atoms with Crippen LogP contribution in [0.5, 0.6) is 0 Å². The lowest BCUT2D eigenvalue weighted by Crippen LogP contribution is -2.49. The smallest absolute Gasteiger partial charge is 0.410 e. The van der Waals surface area contributed by atoms with Crippen LogP contribution in [-0.4, -0.2) is 58.7 Å². The van der Waals surface area contributed by atoms with E-state index in [0.717, 1.165) is 13.1 Å². The van der Waals surface area contributed by atoms with Crippen molar-refractivity contribution in [2.45, 2.75) is 45.8 Å². The molecule has 1 amide bonds. The van der Waals surface area contributed by atoms with E-state index in [0.29, 0.717) is 32.5 Å². The number of benzene rings is 1. The third kappa shape index (κ3) is 4.61. The maximum atomic E-state index is 12.3. The number of carbonyl (C=O) groups is 2. The molecular weight excluding hydrogens is 344 g/mol. The van der Waals surface area contributed by atoms with Crippen LogP contribution in [0.3, 0.4) is 0 Å². The fourth-order valence-corrected chi connectivity index (χ4v) is 4.34. The quantitative estimate of drug-likeness (QED) is 0.880. The molecule has 0 saturated carbocycles. The molecule has 1 spiro atoms. The van der Waals surface area contributed by atoms with E-state index in [4.69, 9.17) is 4.74 Å². The molecule has 6 nitrogen and oxygen atoms in total. The number of piperidine rings is 1. The molecule has 0 aliphatic carbocycles. The highest BCUT2D eigenvalue weighted by Gasteiger charge is 2.51. The Bertz CT molecular complexity index is 675. The Labute approximate surface area is 161 Å². The molecule has 148 valence electrons. The van der Waals surface area contributed by atoms with Crippen molar-refractivity contribution >= 4 is 12.1 Å². The van der Waals surface area contributed by atoms with Gasteiger partial charge in [-0.1, -0.05) is 30.3 Å². The molecular formula is C21H30N2O4. The van der Waals surface area contributed by atoms with Crippen molar-refractivity contribution in [1.82, 2.24) is 9.80 Å². The molecule has 2 saturated heterocycles. The van der Waals surface area contributed by atoms with E-state index >= 15 is 0 Å². The minimum atomic E-state index is -0.726. The van der Waals surface area contributed by atoms with Gasteiger partial charge in [0.15, 0.2) is 0 Å². The van der Waals surface area contributed by atoms with Gasteiger partial charge in [0, 0.05) is 38.1 Å². The first-order chi connectivity index (χ1) is 12.7. The largest absolute Gasteiger partial charge is 0.481 e. The number of nitrogens with zero attached hydrogens (tertiary/aromatic N) is 2. The summed E-state index contributed by atoms with van der Waals surface area (Å²) in [6.45, 7) is 8.77.